The number of pyridine rings is 1. The number of rotatable bonds is 4. The molecule has 0 aliphatic carbocycles. The monoisotopic (exact) mass is 381 g/mol. The molecule has 1 saturated heterocycles. The number of hydrogen-bond donors (Lipinski definition) is 2. The lowest BCUT2D eigenvalue weighted by Gasteiger charge is -2.23. The van der Waals surface area contributed by atoms with Gasteiger partial charge >= 0.3 is 6.09 Å². The van der Waals surface area contributed by atoms with Crippen LogP contribution in [0.4, 0.5) is 4.79 Å². The topological polar surface area (TPSA) is 78.5 Å². The van der Waals surface area contributed by atoms with Crippen LogP contribution in [0, 0.1) is 0 Å². The van der Waals surface area contributed by atoms with Gasteiger partial charge in [0.15, 0.2) is 0 Å². The first kappa shape index (κ1) is 19.9. The molecule has 2 unspecified atom stereocenters. The van der Waals surface area contributed by atoms with Crippen LogP contribution in [0.3, 0.4) is 0 Å². The lowest BCUT2D eigenvalue weighted by molar-refractivity contribution is 0.0877. The van der Waals surface area contributed by atoms with Crippen molar-refractivity contribution in [3.63, 3.8) is 0 Å². The van der Waals surface area contributed by atoms with Crippen molar-refractivity contribution in [1.82, 2.24) is 14.9 Å². The second kappa shape index (κ2) is 9.37. The van der Waals surface area contributed by atoms with Crippen LogP contribution in [0.2, 0.25) is 0 Å². The minimum absolute atomic E-state index is 0.0903. The highest BCUT2D eigenvalue weighted by Crippen LogP contribution is 2.26. The summed E-state index contributed by atoms with van der Waals surface area (Å²) in [6, 6.07) is 13.4. The van der Waals surface area contributed by atoms with Gasteiger partial charge < -0.3 is 19.7 Å². The van der Waals surface area contributed by atoms with Gasteiger partial charge in [-0.15, -0.1) is 0 Å². The number of carbonyl (C=O) groups excluding carboxylic acids is 1. The summed E-state index contributed by atoms with van der Waals surface area (Å²) in [5.74, 6) is 0. The number of likely N-dealkylation sites (tertiary alicyclic amines) is 1. The normalized spacial score (nSPS) is 18.6. The van der Waals surface area contributed by atoms with Gasteiger partial charge in [-0.2, -0.15) is 0 Å². The number of fused-ring (bicyclic) bond motifs is 1. The molecule has 2 N–H and O–H groups in total. The zero-order valence-corrected chi connectivity index (χ0v) is 16.3. The van der Waals surface area contributed by atoms with Crippen LogP contribution in [-0.4, -0.2) is 44.8 Å². The Hall–Kier alpha value is -2.86. The minimum Gasteiger partial charge on any atom is -0.445 e. The van der Waals surface area contributed by atoms with Gasteiger partial charge in [0.1, 0.15) is 12.3 Å². The van der Waals surface area contributed by atoms with E-state index < -0.39 is 6.10 Å². The Balaban J connectivity index is 0.00000109. The minimum atomic E-state index is -0.521. The van der Waals surface area contributed by atoms with Crippen molar-refractivity contribution in [2.45, 2.75) is 45.4 Å². The number of aliphatic hydroxyl groups is 1. The van der Waals surface area contributed by atoms with E-state index in [4.69, 9.17) is 4.74 Å². The lowest BCUT2D eigenvalue weighted by Crippen LogP contribution is -2.37. The van der Waals surface area contributed by atoms with E-state index in [1.54, 1.807) is 11.1 Å². The summed E-state index contributed by atoms with van der Waals surface area (Å²) in [6.07, 6.45) is 3.97. The molecule has 1 amide bonds. The Morgan fingerprint density at radius 2 is 2.04 bits per heavy atom. The van der Waals surface area contributed by atoms with Crippen LogP contribution in [0.25, 0.3) is 11.0 Å². The Morgan fingerprint density at radius 1 is 1.25 bits per heavy atom. The average molecular weight is 381 g/mol. The highest BCUT2D eigenvalue weighted by atomic mass is 16.6. The van der Waals surface area contributed by atoms with Crippen molar-refractivity contribution in [2.75, 3.05) is 6.54 Å². The number of H-pyrrole nitrogens is 1. The quantitative estimate of drug-likeness (QED) is 0.718. The van der Waals surface area contributed by atoms with E-state index >= 15 is 0 Å². The summed E-state index contributed by atoms with van der Waals surface area (Å²) in [5, 5.41) is 11.1. The van der Waals surface area contributed by atoms with Gasteiger partial charge in [-0.1, -0.05) is 44.2 Å². The summed E-state index contributed by atoms with van der Waals surface area (Å²) >= 11 is 0. The van der Waals surface area contributed by atoms with Gasteiger partial charge in [-0.25, -0.2) is 9.78 Å². The summed E-state index contributed by atoms with van der Waals surface area (Å²) < 4.78 is 5.45. The number of nitrogens with one attached hydrogen (secondary N) is 1. The zero-order chi connectivity index (χ0) is 19.9. The molecule has 1 aromatic carbocycles. The summed E-state index contributed by atoms with van der Waals surface area (Å²) in [7, 11) is 0. The maximum atomic E-state index is 12.5. The van der Waals surface area contributed by atoms with Crippen LogP contribution in [0.15, 0.2) is 54.9 Å². The molecule has 1 aliphatic rings. The average Bonchev–Trinajstić information content (AvgIpc) is 3.32. The predicted molar refractivity (Wildman–Crippen MR) is 109 cm³/mol. The van der Waals surface area contributed by atoms with Crippen molar-refractivity contribution in [3.8, 4) is 0 Å². The maximum Gasteiger partial charge on any atom is 0.410 e. The van der Waals surface area contributed by atoms with E-state index in [9.17, 15) is 9.90 Å². The Bertz CT molecular complexity index is 894. The molecule has 6 nitrogen and oxygen atoms in total. The predicted octanol–water partition coefficient (Wildman–Crippen LogP) is 3.90. The molecule has 3 heterocycles. The van der Waals surface area contributed by atoms with Crippen LogP contribution >= 0.6 is 0 Å². The van der Waals surface area contributed by atoms with Crippen molar-refractivity contribution >= 4 is 17.1 Å². The third-order valence-corrected chi connectivity index (χ3v) is 4.82. The number of β-amino-alcohol motifs (C(OH)–C–C–N with tert-alkyl or cyclic N) is 1. The number of carbonyl (C=O) groups is 1. The molecule has 2 aromatic heterocycles. The summed E-state index contributed by atoms with van der Waals surface area (Å²) in [4.78, 5) is 21.6. The molecule has 3 aromatic rings. The van der Waals surface area contributed by atoms with Crippen LogP contribution in [-0.2, 0) is 17.8 Å². The highest BCUT2D eigenvalue weighted by Gasteiger charge is 2.35. The molecule has 0 spiro atoms. The number of aliphatic hydroxyl groups excluding tert-OH is 1. The number of ether oxygens (including phenoxy) is 1. The number of hydrogen-bond acceptors (Lipinski definition) is 4. The van der Waals surface area contributed by atoms with Crippen LogP contribution in [0.5, 0.6) is 0 Å². The lowest BCUT2D eigenvalue weighted by atomic mass is 10.0. The van der Waals surface area contributed by atoms with E-state index in [1.807, 2.05) is 62.5 Å². The first-order chi connectivity index (χ1) is 13.7. The summed E-state index contributed by atoms with van der Waals surface area (Å²) in [5.41, 5.74) is 2.87. The van der Waals surface area contributed by atoms with Gasteiger partial charge in [0.2, 0.25) is 0 Å². The summed E-state index contributed by atoms with van der Waals surface area (Å²) in [6.45, 7) is 4.54. The van der Waals surface area contributed by atoms with Crippen LogP contribution < -0.4 is 0 Å². The molecule has 4 rings (SSSR count). The fraction of sp³-hybridized carbons (Fsp3) is 0.364. The molecule has 148 valence electrons. The molecule has 1 fully saturated rings. The van der Waals surface area contributed by atoms with E-state index in [0.717, 1.165) is 22.2 Å². The van der Waals surface area contributed by atoms with Gasteiger partial charge in [-0.3, -0.25) is 0 Å². The number of nitrogens with zero attached hydrogens (tertiary/aromatic N) is 2. The van der Waals surface area contributed by atoms with Crippen molar-refractivity contribution < 1.29 is 14.6 Å². The van der Waals surface area contributed by atoms with Crippen LogP contribution in [0.1, 0.15) is 31.4 Å². The maximum absolute atomic E-state index is 12.5. The molecule has 28 heavy (non-hydrogen) atoms. The highest BCUT2D eigenvalue weighted by molar-refractivity contribution is 5.79. The first-order valence-electron chi connectivity index (χ1n) is 9.77. The number of aromatic amines is 1. The number of aromatic nitrogens is 2. The Morgan fingerprint density at radius 3 is 2.82 bits per heavy atom. The molecule has 1 aliphatic heterocycles. The van der Waals surface area contributed by atoms with E-state index in [0.29, 0.717) is 19.4 Å². The number of amides is 1. The van der Waals surface area contributed by atoms with Gasteiger partial charge in [0, 0.05) is 23.8 Å². The molecule has 0 bridgehead atoms. The van der Waals surface area contributed by atoms with E-state index in [-0.39, 0.29) is 18.7 Å². The van der Waals surface area contributed by atoms with Crippen molar-refractivity contribution in [1.29, 1.82) is 0 Å². The fourth-order valence-electron chi connectivity index (χ4n) is 3.55. The standard InChI is InChI=1S/C20H21N3O3.C2H6/c24-17-10-16(9-15-11-22-19-18(15)7-4-8-21-19)23(12-17)20(25)26-13-14-5-2-1-3-6-14;1-2/h1-8,11,16-17,24H,9-10,12-13H2,(H,21,22);1-2H3. The second-order valence-electron chi connectivity index (χ2n) is 6.65. The fourth-order valence-corrected chi connectivity index (χ4v) is 3.55. The third kappa shape index (κ3) is 4.51. The van der Waals surface area contributed by atoms with Crippen molar-refractivity contribution in [3.05, 3.63) is 66.0 Å². The smallest absolute Gasteiger partial charge is 0.410 e. The molecule has 2 atom stereocenters. The molecular weight excluding hydrogens is 354 g/mol. The SMILES string of the molecule is CC.O=C(OCc1ccccc1)N1CC(O)CC1Cc1c[nH]c2ncccc12. The van der Waals surface area contributed by atoms with E-state index in [1.165, 1.54) is 0 Å². The van der Waals surface area contributed by atoms with Gasteiger partial charge in [-0.05, 0) is 36.1 Å². The molecular formula is C22H27N3O3. The second-order valence-corrected chi connectivity index (χ2v) is 6.65. The largest absolute Gasteiger partial charge is 0.445 e. The van der Waals surface area contributed by atoms with Gasteiger partial charge in [0.25, 0.3) is 0 Å². The zero-order valence-electron chi connectivity index (χ0n) is 16.3. The van der Waals surface area contributed by atoms with E-state index in [2.05, 4.69) is 9.97 Å². The molecule has 6 heteroatoms. The van der Waals surface area contributed by atoms with Crippen molar-refractivity contribution in [2.24, 2.45) is 0 Å². The third-order valence-electron chi connectivity index (χ3n) is 4.82. The Kier molecular flexibility index (Phi) is 6.66. The number of benzene rings is 1. The molecule has 0 saturated carbocycles. The molecule has 0 radical (unpaired) electrons. The Labute approximate surface area is 165 Å². The first-order valence-corrected chi connectivity index (χ1v) is 9.77. The van der Waals surface area contributed by atoms with Gasteiger partial charge in [0.05, 0.1) is 12.6 Å².